The number of amides is 1. The number of nitrogens with zero attached hydrogens (tertiary/aromatic N) is 2. The van der Waals surface area contributed by atoms with Crippen molar-refractivity contribution >= 4 is 5.91 Å². The van der Waals surface area contributed by atoms with Gasteiger partial charge in [-0.3, -0.25) is 9.69 Å². The number of fused-ring (bicyclic) bond motifs is 2. The molecule has 2 N–H and O–H groups in total. The molecule has 4 saturated heterocycles. The molecule has 0 aromatic heterocycles. The van der Waals surface area contributed by atoms with E-state index in [2.05, 4.69) is 15.9 Å². The molecule has 5 heteroatoms. The van der Waals surface area contributed by atoms with Gasteiger partial charge in [0.15, 0.2) is 0 Å². The molecule has 0 radical (unpaired) electrons. The molecule has 6 rings (SSSR count). The molecule has 2 aromatic rings. The summed E-state index contributed by atoms with van der Waals surface area (Å²) in [6.45, 7) is 2.87. The van der Waals surface area contributed by atoms with E-state index in [1.807, 2.05) is 12.1 Å². The highest BCUT2D eigenvalue weighted by atomic mass is 16.3. The number of aromatic hydroxyl groups is 2. The highest BCUT2D eigenvalue weighted by Gasteiger charge is 2.54. The van der Waals surface area contributed by atoms with Crippen LogP contribution in [0.5, 0.6) is 11.5 Å². The standard InChI is InChI=1S/C22H24N2O3/c25-17-6-4-15(5-7-17)22(27)24-13-19(16-2-1-3-18(26)12-16)21-20(24)14-8-10-23(21)11-9-14/h1-7,12,14,19-21,25-26H,8-11,13H2/t19-,20+,21+/m0/s1. The maximum atomic E-state index is 13.3. The van der Waals surface area contributed by atoms with Gasteiger partial charge in [0.05, 0.1) is 6.04 Å². The molecule has 0 saturated carbocycles. The Hall–Kier alpha value is -2.53. The van der Waals surface area contributed by atoms with Crippen LogP contribution in [0.4, 0.5) is 0 Å². The Morgan fingerprint density at radius 3 is 2.37 bits per heavy atom. The predicted octanol–water partition coefficient (Wildman–Crippen LogP) is 2.80. The number of carbonyl (C=O) groups excluding carboxylic acids is 1. The summed E-state index contributed by atoms with van der Waals surface area (Å²) in [5.74, 6) is 1.26. The van der Waals surface area contributed by atoms with Gasteiger partial charge in [0, 0.05) is 24.1 Å². The summed E-state index contributed by atoms with van der Waals surface area (Å²) in [7, 11) is 0. The lowest BCUT2D eigenvalue weighted by Crippen LogP contribution is -2.60. The summed E-state index contributed by atoms with van der Waals surface area (Å²) in [5, 5.41) is 19.5. The van der Waals surface area contributed by atoms with Crippen LogP contribution < -0.4 is 0 Å². The zero-order valence-electron chi connectivity index (χ0n) is 15.2. The van der Waals surface area contributed by atoms with Gasteiger partial charge in [-0.05, 0) is 73.8 Å². The lowest BCUT2D eigenvalue weighted by atomic mass is 9.75. The van der Waals surface area contributed by atoms with Gasteiger partial charge in [-0.25, -0.2) is 0 Å². The Morgan fingerprint density at radius 2 is 1.67 bits per heavy atom. The van der Waals surface area contributed by atoms with E-state index in [1.54, 1.807) is 30.3 Å². The van der Waals surface area contributed by atoms with Crippen LogP contribution in [-0.2, 0) is 0 Å². The summed E-state index contributed by atoms with van der Waals surface area (Å²) < 4.78 is 0. The van der Waals surface area contributed by atoms with Crippen molar-refractivity contribution in [2.75, 3.05) is 19.6 Å². The molecule has 4 aliphatic heterocycles. The van der Waals surface area contributed by atoms with Gasteiger partial charge in [-0.15, -0.1) is 0 Å². The quantitative estimate of drug-likeness (QED) is 0.860. The largest absolute Gasteiger partial charge is 0.508 e. The second-order valence-electron chi connectivity index (χ2n) is 8.06. The van der Waals surface area contributed by atoms with E-state index in [9.17, 15) is 15.0 Å². The van der Waals surface area contributed by atoms with Crippen LogP contribution in [0.2, 0.25) is 0 Å². The first-order chi connectivity index (χ1) is 13.1. The minimum atomic E-state index is 0.0430. The zero-order valence-corrected chi connectivity index (χ0v) is 15.2. The van der Waals surface area contributed by atoms with E-state index in [0.29, 0.717) is 24.1 Å². The number of hydrogen-bond donors (Lipinski definition) is 2. The Kier molecular flexibility index (Phi) is 3.86. The summed E-state index contributed by atoms with van der Waals surface area (Å²) in [6, 6.07) is 14.6. The Bertz CT molecular complexity index is 858. The van der Waals surface area contributed by atoms with Crippen molar-refractivity contribution in [2.45, 2.75) is 30.8 Å². The number of phenols is 2. The molecule has 27 heavy (non-hydrogen) atoms. The van der Waals surface area contributed by atoms with Gasteiger partial charge in [0.1, 0.15) is 11.5 Å². The summed E-state index contributed by atoms with van der Waals surface area (Å²) in [4.78, 5) is 17.9. The van der Waals surface area contributed by atoms with Crippen molar-refractivity contribution in [1.29, 1.82) is 0 Å². The molecule has 140 valence electrons. The number of likely N-dealkylation sites (tertiary alicyclic amines) is 1. The fraction of sp³-hybridized carbons (Fsp3) is 0.409. The van der Waals surface area contributed by atoms with E-state index in [0.717, 1.165) is 31.5 Å². The molecule has 2 aromatic carbocycles. The Morgan fingerprint density at radius 1 is 0.926 bits per heavy atom. The topological polar surface area (TPSA) is 64.0 Å². The fourth-order valence-corrected chi connectivity index (χ4v) is 5.47. The maximum Gasteiger partial charge on any atom is 0.254 e. The van der Waals surface area contributed by atoms with E-state index in [4.69, 9.17) is 0 Å². The summed E-state index contributed by atoms with van der Waals surface area (Å²) in [6.07, 6.45) is 2.29. The minimum Gasteiger partial charge on any atom is -0.508 e. The van der Waals surface area contributed by atoms with Crippen molar-refractivity contribution in [3.05, 3.63) is 59.7 Å². The number of phenolic OH excluding ortho intramolecular Hbond substituents is 2. The van der Waals surface area contributed by atoms with Crippen LogP contribution in [0.1, 0.15) is 34.7 Å². The number of hydrogen-bond acceptors (Lipinski definition) is 4. The van der Waals surface area contributed by atoms with Crippen molar-refractivity contribution in [3.8, 4) is 11.5 Å². The van der Waals surface area contributed by atoms with Gasteiger partial charge in [0.2, 0.25) is 0 Å². The maximum absolute atomic E-state index is 13.3. The first-order valence-corrected chi connectivity index (χ1v) is 9.75. The van der Waals surface area contributed by atoms with Crippen molar-refractivity contribution in [1.82, 2.24) is 9.80 Å². The molecule has 4 fully saturated rings. The second-order valence-corrected chi connectivity index (χ2v) is 8.06. The molecule has 0 unspecified atom stereocenters. The van der Waals surface area contributed by atoms with Gasteiger partial charge in [0.25, 0.3) is 5.91 Å². The summed E-state index contributed by atoms with van der Waals surface area (Å²) in [5.41, 5.74) is 1.73. The number of piperidine rings is 3. The monoisotopic (exact) mass is 364 g/mol. The molecular formula is C22H24N2O3. The molecule has 2 bridgehead atoms. The van der Waals surface area contributed by atoms with Crippen LogP contribution in [0.25, 0.3) is 0 Å². The van der Waals surface area contributed by atoms with Gasteiger partial charge < -0.3 is 15.1 Å². The molecule has 1 amide bonds. The van der Waals surface area contributed by atoms with Crippen LogP contribution in [0, 0.1) is 5.92 Å². The highest BCUT2D eigenvalue weighted by molar-refractivity contribution is 5.95. The Balaban J connectivity index is 1.52. The zero-order chi connectivity index (χ0) is 18.5. The highest BCUT2D eigenvalue weighted by Crippen LogP contribution is 2.47. The van der Waals surface area contributed by atoms with Crippen molar-refractivity contribution < 1.29 is 15.0 Å². The number of benzene rings is 2. The third-order valence-electron chi connectivity index (χ3n) is 6.67. The molecule has 0 aliphatic carbocycles. The molecule has 3 atom stereocenters. The molecule has 5 nitrogen and oxygen atoms in total. The molecule has 0 spiro atoms. The third kappa shape index (κ3) is 2.69. The van der Waals surface area contributed by atoms with Crippen LogP contribution in [0.3, 0.4) is 0 Å². The molecule has 4 heterocycles. The van der Waals surface area contributed by atoms with E-state index >= 15 is 0 Å². The SMILES string of the molecule is O=C(c1ccc(O)cc1)N1C[C@@H](c2cccc(O)c2)[C@@H]2[C@H]1C1CCN2CC1. The third-order valence-corrected chi connectivity index (χ3v) is 6.67. The summed E-state index contributed by atoms with van der Waals surface area (Å²) >= 11 is 0. The van der Waals surface area contributed by atoms with Crippen LogP contribution in [-0.4, -0.2) is 57.6 Å². The normalized spacial score (nSPS) is 31.7. The fourth-order valence-electron chi connectivity index (χ4n) is 5.47. The second kappa shape index (κ2) is 6.27. The van der Waals surface area contributed by atoms with Crippen molar-refractivity contribution in [3.63, 3.8) is 0 Å². The molecule has 4 aliphatic rings. The minimum absolute atomic E-state index is 0.0430. The van der Waals surface area contributed by atoms with E-state index in [1.165, 1.54) is 0 Å². The first kappa shape index (κ1) is 16.6. The van der Waals surface area contributed by atoms with Crippen molar-refractivity contribution in [2.24, 2.45) is 5.92 Å². The Labute approximate surface area is 158 Å². The van der Waals surface area contributed by atoms with Crippen LogP contribution in [0.15, 0.2) is 48.5 Å². The molecular weight excluding hydrogens is 340 g/mol. The lowest BCUT2D eigenvalue weighted by molar-refractivity contribution is -0.00341. The predicted molar refractivity (Wildman–Crippen MR) is 102 cm³/mol. The average Bonchev–Trinajstić information content (AvgIpc) is 3.12. The van der Waals surface area contributed by atoms with E-state index < -0.39 is 0 Å². The van der Waals surface area contributed by atoms with Gasteiger partial charge in [-0.1, -0.05) is 12.1 Å². The van der Waals surface area contributed by atoms with E-state index in [-0.39, 0.29) is 29.4 Å². The average molecular weight is 364 g/mol. The first-order valence-electron chi connectivity index (χ1n) is 9.75. The van der Waals surface area contributed by atoms with Crippen LogP contribution >= 0.6 is 0 Å². The lowest BCUT2D eigenvalue weighted by Gasteiger charge is -2.51. The number of rotatable bonds is 2. The van der Waals surface area contributed by atoms with Gasteiger partial charge >= 0.3 is 0 Å². The van der Waals surface area contributed by atoms with Gasteiger partial charge in [-0.2, -0.15) is 0 Å². The smallest absolute Gasteiger partial charge is 0.254 e. The number of carbonyl (C=O) groups is 1.